The number of aliphatic imine (C=N–C) groups is 1. The molecule has 3 aromatic rings. The maximum Gasteiger partial charge on any atom is 0.256 e. The third kappa shape index (κ3) is 8.03. The zero-order valence-corrected chi connectivity index (χ0v) is 25.6. The molecule has 0 bridgehead atoms. The van der Waals surface area contributed by atoms with Crippen molar-refractivity contribution in [3.63, 3.8) is 0 Å². The molecule has 0 saturated heterocycles. The normalized spacial score (nSPS) is 14.4. The summed E-state index contributed by atoms with van der Waals surface area (Å²) in [5.41, 5.74) is 15.5. The highest BCUT2D eigenvalue weighted by Crippen LogP contribution is 2.31. The van der Waals surface area contributed by atoms with Crippen molar-refractivity contribution in [3.8, 4) is 11.4 Å². The van der Waals surface area contributed by atoms with E-state index in [1.54, 1.807) is 41.9 Å². The van der Waals surface area contributed by atoms with E-state index < -0.39 is 6.23 Å². The number of nitrogens with zero attached hydrogens (tertiary/aromatic N) is 4. The van der Waals surface area contributed by atoms with E-state index in [1.807, 2.05) is 49.1 Å². The van der Waals surface area contributed by atoms with Crippen molar-refractivity contribution in [3.05, 3.63) is 94.1 Å². The van der Waals surface area contributed by atoms with Crippen molar-refractivity contribution >= 4 is 46.1 Å². The first-order chi connectivity index (χ1) is 21.1. The maximum atomic E-state index is 13.3. The molecule has 1 aliphatic carbocycles. The van der Waals surface area contributed by atoms with Crippen LogP contribution < -0.4 is 21.4 Å². The van der Waals surface area contributed by atoms with Crippen LogP contribution in [0.3, 0.4) is 0 Å². The number of H-pyrrole nitrogens is 1. The number of carbonyl (C=O) groups excluding carboxylic acids is 1. The third-order valence-corrected chi connectivity index (χ3v) is 6.95. The lowest BCUT2D eigenvalue weighted by atomic mass is 10.1. The first kappa shape index (κ1) is 32.2. The van der Waals surface area contributed by atoms with Crippen LogP contribution in [0.5, 0.6) is 0 Å². The molecule has 1 aromatic heterocycles. The maximum absolute atomic E-state index is 13.3. The average Bonchev–Trinajstić information content (AvgIpc) is 3.33. The predicted molar refractivity (Wildman–Crippen MR) is 173 cm³/mol. The van der Waals surface area contributed by atoms with E-state index in [1.165, 1.54) is 13.3 Å². The Morgan fingerprint density at radius 3 is 2.75 bits per heavy atom. The molecule has 0 fully saturated rings. The number of halogens is 1. The highest BCUT2D eigenvalue weighted by molar-refractivity contribution is 6.33. The Hall–Kier alpha value is -4.68. The zero-order chi connectivity index (χ0) is 31.8. The summed E-state index contributed by atoms with van der Waals surface area (Å²) < 4.78 is 5.49. The number of aromatic amines is 1. The number of fused-ring (bicyclic) bond motifs is 1. The van der Waals surface area contributed by atoms with Crippen LogP contribution in [0.15, 0.2) is 94.0 Å². The van der Waals surface area contributed by atoms with Crippen molar-refractivity contribution in [1.29, 1.82) is 0 Å². The van der Waals surface area contributed by atoms with Crippen LogP contribution in [0, 0.1) is 0 Å². The fourth-order valence-electron chi connectivity index (χ4n) is 4.25. The Labute approximate surface area is 260 Å². The van der Waals surface area contributed by atoms with Crippen LogP contribution in [-0.4, -0.2) is 85.0 Å². The van der Waals surface area contributed by atoms with Crippen molar-refractivity contribution in [2.45, 2.75) is 6.23 Å². The van der Waals surface area contributed by atoms with E-state index in [-0.39, 0.29) is 18.1 Å². The molecule has 0 aliphatic heterocycles. The number of carbonyl (C=O) groups is 1. The van der Waals surface area contributed by atoms with E-state index >= 15 is 0 Å². The number of methoxy groups -OCH3 is 1. The van der Waals surface area contributed by atoms with E-state index in [0.29, 0.717) is 40.0 Å². The number of imidazole rings is 1. The highest BCUT2D eigenvalue weighted by atomic mass is 35.5. The number of aliphatic hydroxyl groups excluding tert-OH is 1. The molecule has 0 radical (unpaired) electrons. The Bertz CT molecular complexity index is 1720. The molecule has 13 heteroatoms. The predicted octanol–water partition coefficient (Wildman–Crippen LogP) is 3.54. The van der Waals surface area contributed by atoms with Gasteiger partial charge in [-0.15, -0.1) is 5.73 Å². The molecule has 12 nitrogen and oxygen atoms in total. The first-order valence-corrected chi connectivity index (χ1v) is 13.9. The second-order valence-corrected chi connectivity index (χ2v) is 10.6. The summed E-state index contributed by atoms with van der Waals surface area (Å²) in [6, 6.07) is 11.2. The largest absolute Gasteiger partial charge is 0.497 e. The number of rotatable bonds is 12. The zero-order valence-electron chi connectivity index (χ0n) is 24.8. The molecule has 0 spiro atoms. The quantitative estimate of drug-likeness (QED) is 0.0771. The number of allylic oxidation sites excluding steroid dienone is 1. The lowest BCUT2D eigenvalue weighted by Crippen LogP contribution is -2.29. The summed E-state index contributed by atoms with van der Waals surface area (Å²) in [6.45, 7) is 0.693. The molecular formula is C31H35ClN8O4. The third-order valence-electron chi connectivity index (χ3n) is 6.62. The number of likely N-dealkylation sites (N-methyl/N-ethyl adjacent to an activating group) is 1. The Balaban J connectivity index is 1.49. The molecule has 7 N–H and O–H groups in total. The summed E-state index contributed by atoms with van der Waals surface area (Å²) in [7, 11) is 7.30. The molecule has 44 heavy (non-hydrogen) atoms. The molecule has 1 atom stereocenters. The minimum absolute atomic E-state index is 0.208. The number of hydrogen-bond acceptors (Lipinski definition) is 10. The SMILES string of the molecule is COC1=CC(CN(C)C/N=C\C(=C/N)C(O)NO)=C=CC(C(=O)Nc2ccc(Cl)c(-c3nc4cc(N(C)C)ccc4[nH]3)c2)=C1. The van der Waals surface area contributed by atoms with Gasteiger partial charge in [-0.05, 0) is 61.7 Å². The number of nitrogens with one attached hydrogen (secondary N) is 3. The summed E-state index contributed by atoms with van der Waals surface area (Å²) in [5.74, 6) is 0.711. The Morgan fingerprint density at radius 1 is 1.25 bits per heavy atom. The Morgan fingerprint density at radius 2 is 2.05 bits per heavy atom. The van der Waals surface area contributed by atoms with Gasteiger partial charge >= 0.3 is 0 Å². The minimum Gasteiger partial charge on any atom is -0.497 e. The van der Waals surface area contributed by atoms with E-state index in [4.69, 9.17) is 32.3 Å². The second kappa shape index (κ2) is 14.7. The minimum atomic E-state index is -1.34. The van der Waals surface area contributed by atoms with E-state index in [2.05, 4.69) is 21.0 Å². The van der Waals surface area contributed by atoms with Gasteiger partial charge in [-0.3, -0.25) is 14.7 Å². The molecule has 230 valence electrons. The van der Waals surface area contributed by atoms with Crippen LogP contribution in [0.1, 0.15) is 0 Å². The van der Waals surface area contributed by atoms with Gasteiger partial charge in [0.25, 0.3) is 5.91 Å². The number of aromatic nitrogens is 2. The summed E-state index contributed by atoms with van der Waals surface area (Å²) >= 11 is 6.54. The van der Waals surface area contributed by atoms with Gasteiger partial charge in [-0.2, -0.15) is 5.48 Å². The molecular weight excluding hydrogens is 584 g/mol. The summed E-state index contributed by atoms with van der Waals surface area (Å²) in [5, 5.41) is 21.9. The molecule has 1 unspecified atom stereocenters. The summed E-state index contributed by atoms with van der Waals surface area (Å²) in [6.07, 6.45) is 6.18. The van der Waals surface area contributed by atoms with E-state index in [0.717, 1.165) is 28.5 Å². The first-order valence-electron chi connectivity index (χ1n) is 13.5. The number of hydrogen-bond donors (Lipinski definition) is 6. The number of ether oxygens (including phenoxy) is 1. The van der Waals surface area contributed by atoms with Crippen LogP contribution in [-0.2, 0) is 9.53 Å². The second-order valence-electron chi connectivity index (χ2n) is 10.2. The van der Waals surface area contributed by atoms with Crippen molar-refractivity contribution in [2.24, 2.45) is 10.7 Å². The molecule has 1 aliphatic rings. The van der Waals surface area contributed by atoms with Crippen molar-refractivity contribution in [2.75, 3.05) is 51.7 Å². The molecule has 2 aromatic carbocycles. The smallest absolute Gasteiger partial charge is 0.256 e. The molecule has 1 heterocycles. The van der Waals surface area contributed by atoms with Gasteiger partial charge in [0, 0.05) is 61.1 Å². The number of anilines is 2. The number of nitrogens with two attached hydrogens (primary N) is 1. The number of benzene rings is 2. The topological polar surface area (TPSA) is 164 Å². The van der Waals surface area contributed by atoms with Gasteiger partial charge in [0.05, 0.1) is 35.4 Å². The molecule has 4 rings (SSSR count). The number of aliphatic hydroxyl groups is 1. The van der Waals surface area contributed by atoms with Gasteiger partial charge in [0.1, 0.15) is 11.6 Å². The van der Waals surface area contributed by atoms with Gasteiger partial charge in [0.15, 0.2) is 6.23 Å². The number of hydroxylamine groups is 1. The van der Waals surface area contributed by atoms with Gasteiger partial charge in [-0.1, -0.05) is 11.6 Å². The molecule has 0 saturated carbocycles. The van der Waals surface area contributed by atoms with Gasteiger partial charge in [-0.25, -0.2) is 4.98 Å². The number of amides is 1. The van der Waals surface area contributed by atoms with Crippen LogP contribution >= 0.6 is 11.6 Å². The van der Waals surface area contributed by atoms with Crippen LogP contribution in [0.4, 0.5) is 11.4 Å². The van der Waals surface area contributed by atoms with Crippen LogP contribution in [0.25, 0.3) is 22.4 Å². The van der Waals surface area contributed by atoms with Crippen molar-refractivity contribution < 1.29 is 19.8 Å². The lowest BCUT2D eigenvalue weighted by molar-refractivity contribution is -0.112. The van der Waals surface area contributed by atoms with Gasteiger partial charge in [0.2, 0.25) is 0 Å². The molecule has 1 amide bonds. The Kier molecular flexibility index (Phi) is 10.7. The fraction of sp³-hybridized carbons (Fsp3) is 0.226. The van der Waals surface area contributed by atoms with Crippen molar-refractivity contribution in [1.82, 2.24) is 20.3 Å². The van der Waals surface area contributed by atoms with E-state index in [9.17, 15) is 9.90 Å². The lowest BCUT2D eigenvalue weighted by Gasteiger charge is -2.14. The average molecular weight is 619 g/mol. The monoisotopic (exact) mass is 618 g/mol. The highest BCUT2D eigenvalue weighted by Gasteiger charge is 2.15. The van der Waals surface area contributed by atoms with Gasteiger partial charge < -0.3 is 36.0 Å². The summed E-state index contributed by atoms with van der Waals surface area (Å²) in [4.78, 5) is 29.5. The standard InChI is InChI=1S/C31H35ClN8O4/c1-39(2)23-8-10-27-28(14-23)37-29(36-27)25-13-22(7-9-26(25)32)35-30(41)20-6-5-19(11-24(12-20)44-4)17-40(3)18-34-16-21(15-33)31(42)38-43/h6-16,31,38,42-43H,17-18,33H2,1-4H3,(H,35,41)(H,36,37)/b21-15+,34-16-. The van der Waals surface area contributed by atoms with Crippen LogP contribution in [0.2, 0.25) is 5.02 Å². The fourth-order valence-corrected chi connectivity index (χ4v) is 4.46.